The molecule has 120 valence electrons. The van der Waals surface area contributed by atoms with Gasteiger partial charge in [0.25, 0.3) is 5.56 Å². The van der Waals surface area contributed by atoms with Gasteiger partial charge in [-0.3, -0.25) is 14.2 Å². The number of thiophene rings is 1. The number of ketones is 1. The van der Waals surface area contributed by atoms with Crippen LogP contribution in [0.25, 0.3) is 10.2 Å². The number of thioether (sulfide) groups is 1. The predicted octanol–water partition coefficient (Wildman–Crippen LogP) is 3.35. The maximum atomic E-state index is 13.0. The largest absolute Gasteiger partial charge is 0.298 e. The highest BCUT2D eigenvalue weighted by Crippen LogP contribution is 2.37. The van der Waals surface area contributed by atoms with Crippen LogP contribution in [-0.2, 0) is 24.2 Å². The Morgan fingerprint density at radius 1 is 1.30 bits per heavy atom. The number of carbonyl (C=O) groups excluding carboxylic acids is 1. The molecule has 2 aliphatic carbocycles. The molecule has 0 aromatic carbocycles. The second-order valence-corrected chi connectivity index (χ2v) is 8.35. The summed E-state index contributed by atoms with van der Waals surface area (Å²) >= 11 is 3.11. The van der Waals surface area contributed by atoms with Crippen LogP contribution in [0.2, 0.25) is 0 Å². The van der Waals surface area contributed by atoms with Gasteiger partial charge >= 0.3 is 0 Å². The second kappa shape index (κ2) is 5.91. The van der Waals surface area contributed by atoms with E-state index in [1.54, 1.807) is 22.0 Å². The minimum atomic E-state index is -0.0535. The number of aromatic nitrogens is 2. The van der Waals surface area contributed by atoms with E-state index in [2.05, 4.69) is 6.58 Å². The maximum Gasteiger partial charge on any atom is 0.263 e. The van der Waals surface area contributed by atoms with E-state index in [-0.39, 0.29) is 16.6 Å². The summed E-state index contributed by atoms with van der Waals surface area (Å²) in [5, 5.41) is 1.41. The van der Waals surface area contributed by atoms with Gasteiger partial charge in [0, 0.05) is 17.8 Å². The normalized spacial score (nSPS) is 20.3. The number of rotatable bonds is 4. The molecule has 1 saturated carbocycles. The molecule has 2 aliphatic rings. The zero-order chi connectivity index (χ0) is 16.0. The fourth-order valence-corrected chi connectivity index (χ4v) is 6.00. The summed E-state index contributed by atoms with van der Waals surface area (Å²) in [6.07, 6.45) is 7.37. The molecule has 1 fully saturated rings. The minimum absolute atomic E-state index is 0.0299. The monoisotopic (exact) mass is 346 g/mol. The lowest BCUT2D eigenvalue weighted by molar-refractivity contribution is -0.116. The molecular formula is C17H18N2O2S2. The first-order valence-corrected chi connectivity index (χ1v) is 9.74. The summed E-state index contributed by atoms with van der Waals surface area (Å²) in [6.45, 7) is 4.20. The Balaban J connectivity index is 1.85. The van der Waals surface area contributed by atoms with Crippen LogP contribution < -0.4 is 5.56 Å². The van der Waals surface area contributed by atoms with E-state index in [1.807, 2.05) is 0 Å². The second-order valence-electron chi connectivity index (χ2n) is 6.10. The highest BCUT2D eigenvalue weighted by Gasteiger charge is 2.29. The lowest BCUT2D eigenvalue weighted by atomic mass is 10.2. The molecule has 0 unspecified atom stereocenters. The first-order valence-electron chi connectivity index (χ1n) is 8.04. The third-order valence-electron chi connectivity index (χ3n) is 4.60. The van der Waals surface area contributed by atoms with Crippen LogP contribution >= 0.6 is 23.1 Å². The first kappa shape index (κ1) is 15.1. The Hall–Kier alpha value is -1.40. The number of allylic oxidation sites excluding steroid dienone is 1. The Morgan fingerprint density at radius 3 is 2.91 bits per heavy atom. The van der Waals surface area contributed by atoms with E-state index in [0.29, 0.717) is 18.1 Å². The van der Waals surface area contributed by atoms with Gasteiger partial charge in [-0.05, 0) is 37.7 Å². The number of Topliss-reactive ketones (excluding diaryl/α,β-unsaturated/α-hetero) is 1. The highest BCUT2D eigenvalue weighted by atomic mass is 32.2. The minimum Gasteiger partial charge on any atom is -0.298 e. The van der Waals surface area contributed by atoms with Crippen LogP contribution in [0, 0.1) is 0 Å². The third-order valence-corrected chi connectivity index (χ3v) is 7.09. The van der Waals surface area contributed by atoms with E-state index in [1.165, 1.54) is 22.2 Å². The molecule has 0 N–H and O–H groups in total. The first-order chi connectivity index (χ1) is 11.2. The number of fused-ring (bicyclic) bond motifs is 3. The van der Waals surface area contributed by atoms with Crippen LogP contribution in [0.15, 0.2) is 22.6 Å². The molecule has 0 aliphatic heterocycles. The molecule has 4 rings (SSSR count). The van der Waals surface area contributed by atoms with Gasteiger partial charge in [-0.2, -0.15) is 0 Å². The van der Waals surface area contributed by atoms with E-state index in [9.17, 15) is 9.59 Å². The van der Waals surface area contributed by atoms with Crippen molar-refractivity contribution in [2.75, 3.05) is 0 Å². The highest BCUT2D eigenvalue weighted by molar-refractivity contribution is 8.00. The predicted molar refractivity (Wildman–Crippen MR) is 94.6 cm³/mol. The van der Waals surface area contributed by atoms with E-state index in [0.717, 1.165) is 42.3 Å². The average Bonchev–Trinajstić information content (AvgIpc) is 3.20. The van der Waals surface area contributed by atoms with Crippen LogP contribution in [0.5, 0.6) is 0 Å². The summed E-state index contributed by atoms with van der Waals surface area (Å²) in [5.41, 5.74) is 1.23. The molecule has 2 aromatic rings. The van der Waals surface area contributed by atoms with Crippen LogP contribution in [-0.4, -0.2) is 20.6 Å². The Morgan fingerprint density at radius 2 is 2.17 bits per heavy atom. The van der Waals surface area contributed by atoms with Crippen LogP contribution in [0.1, 0.15) is 36.1 Å². The van der Waals surface area contributed by atoms with Crippen molar-refractivity contribution in [1.82, 2.24) is 9.55 Å². The molecule has 6 heteroatoms. The van der Waals surface area contributed by atoms with Crippen molar-refractivity contribution in [1.29, 1.82) is 0 Å². The van der Waals surface area contributed by atoms with E-state index < -0.39 is 0 Å². The van der Waals surface area contributed by atoms with Crippen molar-refractivity contribution in [2.45, 2.75) is 55.5 Å². The fraction of sp³-hybridized carbons (Fsp3) is 0.471. The Kier molecular flexibility index (Phi) is 3.89. The van der Waals surface area contributed by atoms with Gasteiger partial charge in [0.2, 0.25) is 0 Å². The van der Waals surface area contributed by atoms with Gasteiger partial charge in [0.1, 0.15) is 10.6 Å². The van der Waals surface area contributed by atoms with E-state index in [4.69, 9.17) is 4.98 Å². The quantitative estimate of drug-likeness (QED) is 0.629. The Bertz CT molecular complexity index is 866. The summed E-state index contributed by atoms with van der Waals surface area (Å²) < 4.78 is 1.69. The van der Waals surface area contributed by atoms with Gasteiger partial charge in [-0.25, -0.2) is 4.98 Å². The van der Waals surface area contributed by atoms with Crippen molar-refractivity contribution < 1.29 is 4.79 Å². The van der Waals surface area contributed by atoms with Crippen molar-refractivity contribution >= 4 is 39.1 Å². The molecule has 2 aromatic heterocycles. The number of hydrogen-bond donors (Lipinski definition) is 0. The summed E-state index contributed by atoms with van der Waals surface area (Å²) in [7, 11) is 0. The fourth-order valence-electron chi connectivity index (χ4n) is 3.47. The van der Waals surface area contributed by atoms with Crippen molar-refractivity contribution in [3.8, 4) is 0 Å². The maximum absolute atomic E-state index is 13.0. The van der Waals surface area contributed by atoms with Crippen molar-refractivity contribution in [3.63, 3.8) is 0 Å². The molecular weight excluding hydrogens is 328 g/mol. The number of nitrogens with zero attached hydrogens (tertiary/aromatic N) is 2. The van der Waals surface area contributed by atoms with Crippen LogP contribution in [0.3, 0.4) is 0 Å². The topological polar surface area (TPSA) is 52.0 Å². The summed E-state index contributed by atoms with van der Waals surface area (Å²) in [6, 6.07) is 0. The van der Waals surface area contributed by atoms with E-state index >= 15 is 0 Å². The van der Waals surface area contributed by atoms with Gasteiger partial charge in [0.05, 0.1) is 10.6 Å². The van der Waals surface area contributed by atoms with Gasteiger partial charge < -0.3 is 0 Å². The lowest BCUT2D eigenvalue weighted by Crippen LogP contribution is -2.24. The smallest absolute Gasteiger partial charge is 0.263 e. The summed E-state index contributed by atoms with van der Waals surface area (Å²) in [4.78, 5) is 31.9. The Labute approximate surface area is 142 Å². The number of aryl methyl sites for hydroxylation is 2. The number of hydrogen-bond acceptors (Lipinski definition) is 5. The zero-order valence-electron chi connectivity index (χ0n) is 12.8. The molecule has 0 bridgehead atoms. The standard InChI is InChI=1S/C17H18N2O2S2/c1-2-9-19-16(21)14-10-5-3-7-12(10)22-15(14)18-17(19)23-13-8-4-6-11(13)20/h2,13H,1,3-9H2/t13-/m0/s1. The SMILES string of the molecule is C=CCn1c(S[C@H]2CCCC2=O)nc2sc3c(c2c1=O)CCC3. The lowest BCUT2D eigenvalue weighted by Gasteiger charge is -2.13. The van der Waals surface area contributed by atoms with Crippen LogP contribution in [0.4, 0.5) is 0 Å². The molecule has 23 heavy (non-hydrogen) atoms. The molecule has 0 spiro atoms. The molecule has 0 saturated heterocycles. The van der Waals surface area contributed by atoms with Crippen molar-refractivity contribution in [2.24, 2.45) is 0 Å². The summed E-state index contributed by atoms with van der Waals surface area (Å²) in [5.74, 6) is 0.281. The van der Waals surface area contributed by atoms with Gasteiger partial charge in [0.15, 0.2) is 5.16 Å². The zero-order valence-corrected chi connectivity index (χ0v) is 14.5. The van der Waals surface area contributed by atoms with Gasteiger partial charge in [-0.1, -0.05) is 17.8 Å². The molecule has 4 nitrogen and oxygen atoms in total. The third kappa shape index (κ3) is 2.48. The number of carbonyl (C=O) groups is 1. The molecule has 1 atom stereocenters. The average molecular weight is 346 g/mol. The van der Waals surface area contributed by atoms with Crippen molar-refractivity contribution in [3.05, 3.63) is 33.4 Å². The van der Waals surface area contributed by atoms with Gasteiger partial charge in [-0.15, -0.1) is 17.9 Å². The molecule has 0 amide bonds. The molecule has 2 heterocycles. The molecule has 0 radical (unpaired) electrons.